The number of rotatable bonds is 9. The van der Waals surface area contributed by atoms with Crippen LogP contribution in [0.4, 0.5) is 26.3 Å². The number of allylic oxidation sites excluding steroid dienone is 1. The van der Waals surface area contributed by atoms with Crippen LogP contribution < -0.4 is 4.74 Å². The number of esters is 1. The molecule has 4 nitrogen and oxygen atoms in total. The molecule has 3 aromatic rings. The number of hydrogen-bond acceptors (Lipinski definition) is 4. The van der Waals surface area contributed by atoms with E-state index in [2.05, 4.69) is 0 Å². The van der Waals surface area contributed by atoms with Crippen LogP contribution in [0.2, 0.25) is 0 Å². The molecule has 2 unspecified atom stereocenters. The summed E-state index contributed by atoms with van der Waals surface area (Å²) in [6, 6.07) is 7.78. The van der Waals surface area contributed by atoms with E-state index in [1.165, 1.54) is 30.3 Å². The topological polar surface area (TPSA) is 55.8 Å². The number of aliphatic hydroxyl groups excluding tert-OH is 1. The second-order valence-electron chi connectivity index (χ2n) is 11.9. The van der Waals surface area contributed by atoms with Gasteiger partial charge in [0.2, 0.25) is 5.82 Å². The second kappa shape index (κ2) is 14.3. The van der Waals surface area contributed by atoms with Crippen LogP contribution in [0.15, 0.2) is 42.5 Å². The van der Waals surface area contributed by atoms with Gasteiger partial charge >= 0.3 is 5.97 Å². The Morgan fingerprint density at radius 1 is 0.783 bits per heavy atom. The first-order chi connectivity index (χ1) is 22.0. The van der Waals surface area contributed by atoms with Crippen LogP contribution in [0.1, 0.15) is 93.9 Å². The molecule has 0 amide bonds. The molecule has 0 bridgehead atoms. The third kappa shape index (κ3) is 6.68. The van der Waals surface area contributed by atoms with Crippen molar-refractivity contribution >= 4 is 11.5 Å². The average Bonchev–Trinajstić information content (AvgIpc) is 3.06. The van der Waals surface area contributed by atoms with Crippen LogP contribution in [0, 0.1) is 40.8 Å². The Hall–Kier alpha value is -3.79. The molecular weight excluding hydrogens is 610 g/mol. The molecule has 1 saturated carbocycles. The SMILES string of the molecule is CCOc1ccc(-c2ccc(C3=CCC(OC(=O)C4CCC(c5ccc(C(O)CC)c(F)c5F)CC4)CC3)c(F)c2F)c(F)c1F. The van der Waals surface area contributed by atoms with Crippen molar-refractivity contribution in [2.24, 2.45) is 5.92 Å². The lowest BCUT2D eigenvalue weighted by atomic mass is 9.78. The quantitative estimate of drug-likeness (QED) is 0.186. The molecule has 2 aliphatic carbocycles. The van der Waals surface area contributed by atoms with E-state index < -0.39 is 58.2 Å². The zero-order valence-corrected chi connectivity index (χ0v) is 25.7. The molecule has 0 spiro atoms. The van der Waals surface area contributed by atoms with E-state index in [-0.39, 0.29) is 53.3 Å². The van der Waals surface area contributed by atoms with Gasteiger partial charge in [-0.1, -0.05) is 37.3 Å². The van der Waals surface area contributed by atoms with Crippen molar-refractivity contribution in [1.82, 2.24) is 0 Å². The van der Waals surface area contributed by atoms with E-state index in [0.717, 1.165) is 6.07 Å². The molecule has 246 valence electrons. The number of hydrogen-bond donors (Lipinski definition) is 1. The summed E-state index contributed by atoms with van der Waals surface area (Å²) >= 11 is 0. The highest BCUT2D eigenvalue weighted by atomic mass is 19.2. The van der Waals surface area contributed by atoms with Crippen LogP contribution in [0.5, 0.6) is 5.75 Å². The number of benzene rings is 3. The molecule has 5 rings (SSSR count). The number of halogens is 6. The normalized spacial score (nSPS) is 20.6. The van der Waals surface area contributed by atoms with Crippen LogP contribution in [0.25, 0.3) is 16.7 Å². The Bertz CT molecular complexity index is 1630. The summed E-state index contributed by atoms with van der Waals surface area (Å²) in [4.78, 5) is 12.9. The van der Waals surface area contributed by atoms with Crippen LogP contribution >= 0.6 is 0 Å². The lowest BCUT2D eigenvalue weighted by Gasteiger charge is -2.30. The maximum absolute atomic E-state index is 15.2. The number of ether oxygens (including phenoxy) is 2. The Morgan fingerprint density at radius 3 is 2.04 bits per heavy atom. The summed E-state index contributed by atoms with van der Waals surface area (Å²) in [7, 11) is 0. The number of carbonyl (C=O) groups excluding carboxylic acids is 1. The summed E-state index contributed by atoms with van der Waals surface area (Å²) in [6.07, 6.45) is 3.26. The van der Waals surface area contributed by atoms with Crippen LogP contribution in [-0.2, 0) is 9.53 Å². The van der Waals surface area contributed by atoms with Gasteiger partial charge in [0.1, 0.15) is 6.10 Å². The smallest absolute Gasteiger partial charge is 0.309 e. The van der Waals surface area contributed by atoms with Gasteiger partial charge in [-0.05, 0) is 81.1 Å². The zero-order chi connectivity index (χ0) is 33.1. The molecule has 0 heterocycles. The molecule has 10 heteroatoms. The molecule has 46 heavy (non-hydrogen) atoms. The molecule has 3 aromatic carbocycles. The summed E-state index contributed by atoms with van der Waals surface area (Å²) in [5.41, 5.74) is -0.150. The molecule has 2 atom stereocenters. The van der Waals surface area contributed by atoms with E-state index in [1.54, 1.807) is 19.9 Å². The number of aliphatic hydroxyl groups is 1. The molecule has 1 fully saturated rings. The van der Waals surface area contributed by atoms with Gasteiger partial charge < -0.3 is 14.6 Å². The first kappa shape index (κ1) is 33.6. The third-order valence-electron chi connectivity index (χ3n) is 9.10. The first-order valence-electron chi connectivity index (χ1n) is 15.7. The largest absolute Gasteiger partial charge is 0.491 e. The van der Waals surface area contributed by atoms with Gasteiger partial charge in [0.05, 0.1) is 18.6 Å². The molecule has 0 saturated heterocycles. The predicted molar refractivity (Wildman–Crippen MR) is 161 cm³/mol. The van der Waals surface area contributed by atoms with Crippen molar-refractivity contribution in [2.75, 3.05) is 6.61 Å². The molecule has 1 N–H and O–H groups in total. The molecule has 2 aliphatic rings. The van der Waals surface area contributed by atoms with Gasteiger partial charge in [-0.2, -0.15) is 4.39 Å². The highest BCUT2D eigenvalue weighted by Crippen LogP contribution is 2.40. The van der Waals surface area contributed by atoms with Gasteiger partial charge in [-0.3, -0.25) is 4.79 Å². The maximum Gasteiger partial charge on any atom is 0.309 e. The average molecular weight is 647 g/mol. The minimum absolute atomic E-state index is 0.00271. The third-order valence-corrected chi connectivity index (χ3v) is 9.10. The van der Waals surface area contributed by atoms with Crippen molar-refractivity contribution in [2.45, 2.75) is 83.3 Å². The number of carbonyl (C=O) groups is 1. The van der Waals surface area contributed by atoms with Gasteiger partial charge in [0.15, 0.2) is 34.8 Å². The van der Waals surface area contributed by atoms with E-state index in [4.69, 9.17) is 9.47 Å². The summed E-state index contributed by atoms with van der Waals surface area (Å²) < 4.78 is 99.4. The predicted octanol–water partition coefficient (Wildman–Crippen LogP) is 9.48. The van der Waals surface area contributed by atoms with Crippen molar-refractivity contribution in [3.05, 3.63) is 94.1 Å². The molecule has 0 radical (unpaired) electrons. The van der Waals surface area contributed by atoms with Gasteiger partial charge in [0, 0.05) is 28.7 Å². The van der Waals surface area contributed by atoms with Crippen LogP contribution in [0.3, 0.4) is 0 Å². The molecular formula is C36H36F6O4. The van der Waals surface area contributed by atoms with Crippen molar-refractivity contribution in [1.29, 1.82) is 0 Å². The lowest BCUT2D eigenvalue weighted by Crippen LogP contribution is -2.28. The van der Waals surface area contributed by atoms with Gasteiger partial charge in [-0.15, -0.1) is 0 Å². The van der Waals surface area contributed by atoms with E-state index in [0.29, 0.717) is 50.5 Å². The monoisotopic (exact) mass is 646 g/mol. The maximum atomic E-state index is 15.2. The van der Waals surface area contributed by atoms with Gasteiger partial charge in [0.25, 0.3) is 0 Å². The van der Waals surface area contributed by atoms with Crippen molar-refractivity contribution in [3.8, 4) is 16.9 Å². The zero-order valence-electron chi connectivity index (χ0n) is 25.7. The fourth-order valence-corrected chi connectivity index (χ4v) is 6.45. The minimum Gasteiger partial charge on any atom is -0.491 e. The standard InChI is InChI=1S/C36H36F6O4/c1-3-28(43)27-16-14-24(31(38)34(27)41)19-5-7-21(8-6-19)36(44)46-22-11-9-20(10-12-22)23-13-15-25(32(39)30(23)37)26-17-18-29(45-4-2)35(42)33(26)40/h9,13-19,21-22,28,43H,3-8,10-12H2,1-2H3. The highest BCUT2D eigenvalue weighted by molar-refractivity contribution is 5.74. The minimum atomic E-state index is -1.34. The van der Waals surface area contributed by atoms with E-state index in [9.17, 15) is 27.5 Å². The van der Waals surface area contributed by atoms with Gasteiger partial charge in [-0.25, -0.2) is 22.0 Å². The molecule has 0 aliphatic heterocycles. The Labute approximate surface area is 264 Å². The Kier molecular flexibility index (Phi) is 10.5. The fourth-order valence-electron chi connectivity index (χ4n) is 6.45. The van der Waals surface area contributed by atoms with E-state index in [1.807, 2.05) is 0 Å². The van der Waals surface area contributed by atoms with Crippen molar-refractivity contribution in [3.63, 3.8) is 0 Å². The first-order valence-corrected chi connectivity index (χ1v) is 15.7. The fraction of sp³-hybridized carbons (Fsp3) is 0.417. The highest BCUT2D eigenvalue weighted by Gasteiger charge is 2.33. The molecule has 0 aromatic heterocycles. The second-order valence-corrected chi connectivity index (χ2v) is 11.9. The van der Waals surface area contributed by atoms with Crippen molar-refractivity contribution < 1.29 is 45.7 Å². The lowest BCUT2D eigenvalue weighted by molar-refractivity contribution is -0.155. The summed E-state index contributed by atoms with van der Waals surface area (Å²) in [5.74, 6) is -8.43. The van der Waals surface area contributed by atoms with Crippen LogP contribution in [-0.4, -0.2) is 23.8 Å². The van der Waals surface area contributed by atoms with E-state index >= 15 is 8.78 Å². The Balaban J connectivity index is 1.19. The summed E-state index contributed by atoms with van der Waals surface area (Å²) in [6.45, 7) is 3.39. The summed E-state index contributed by atoms with van der Waals surface area (Å²) in [5, 5.41) is 9.93. The Morgan fingerprint density at radius 2 is 1.41 bits per heavy atom.